The lowest BCUT2D eigenvalue weighted by molar-refractivity contribution is -0.108. The van der Waals surface area contributed by atoms with Crippen molar-refractivity contribution in [2.45, 2.75) is 51.7 Å². The maximum absolute atomic E-state index is 12.1. The van der Waals surface area contributed by atoms with Gasteiger partial charge in [-0.25, -0.2) is 4.79 Å². The molecule has 6 nitrogen and oxygen atoms in total. The molecule has 2 fully saturated rings. The Morgan fingerprint density at radius 2 is 2.30 bits per heavy atom. The van der Waals surface area contributed by atoms with E-state index in [0.717, 1.165) is 32.3 Å². The SMILES string of the molecule is Cn1cc(CCCCNC(=O)NC2C3CCOC3C2(C)C)cn1. The highest BCUT2D eigenvalue weighted by molar-refractivity contribution is 5.74. The van der Waals surface area contributed by atoms with Crippen LogP contribution in [0.15, 0.2) is 12.4 Å². The Balaban J connectivity index is 1.32. The van der Waals surface area contributed by atoms with Gasteiger partial charge >= 0.3 is 6.03 Å². The van der Waals surface area contributed by atoms with Gasteiger partial charge in [0, 0.05) is 43.8 Å². The Morgan fingerprint density at radius 3 is 3.04 bits per heavy atom. The zero-order chi connectivity index (χ0) is 16.4. The molecule has 2 aliphatic rings. The molecule has 3 unspecified atom stereocenters. The second-order valence-corrected chi connectivity index (χ2v) is 7.42. The minimum atomic E-state index is -0.0465. The third-order valence-corrected chi connectivity index (χ3v) is 5.32. The van der Waals surface area contributed by atoms with Crippen LogP contribution in [-0.4, -0.2) is 41.1 Å². The Kier molecular flexibility index (Phi) is 4.62. The van der Waals surface area contributed by atoms with E-state index in [1.54, 1.807) is 0 Å². The number of nitrogens with one attached hydrogen (secondary N) is 2. The highest BCUT2D eigenvalue weighted by Gasteiger charge is 2.59. The zero-order valence-corrected chi connectivity index (χ0v) is 14.3. The number of hydrogen-bond donors (Lipinski definition) is 2. The van der Waals surface area contributed by atoms with E-state index in [-0.39, 0.29) is 17.5 Å². The fourth-order valence-corrected chi connectivity index (χ4v) is 4.07. The van der Waals surface area contributed by atoms with Gasteiger partial charge in [0.1, 0.15) is 0 Å². The number of aromatic nitrogens is 2. The minimum Gasteiger partial charge on any atom is -0.377 e. The van der Waals surface area contributed by atoms with Crippen LogP contribution in [0.1, 0.15) is 38.7 Å². The standard InChI is InChI=1S/C17H28N4O2/c1-17(2)14(13-7-9-23-15(13)17)20-16(22)18-8-5-4-6-12-10-19-21(3)11-12/h10-11,13-15H,4-9H2,1-3H3,(H2,18,20,22). The minimum absolute atomic E-state index is 0.0405. The summed E-state index contributed by atoms with van der Waals surface area (Å²) in [4.78, 5) is 12.1. The summed E-state index contributed by atoms with van der Waals surface area (Å²) in [6, 6.07) is 0.181. The van der Waals surface area contributed by atoms with Crippen molar-refractivity contribution in [1.82, 2.24) is 20.4 Å². The van der Waals surface area contributed by atoms with Crippen molar-refractivity contribution in [2.24, 2.45) is 18.4 Å². The second kappa shape index (κ2) is 6.51. The van der Waals surface area contributed by atoms with Crippen LogP contribution in [0, 0.1) is 11.3 Å². The van der Waals surface area contributed by atoms with Gasteiger partial charge < -0.3 is 15.4 Å². The predicted molar refractivity (Wildman–Crippen MR) is 88.1 cm³/mol. The number of nitrogens with zero attached hydrogens (tertiary/aromatic N) is 2. The van der Waals surface area contributed by atoms with Crippen LogP contribution in [-0.2, 0) is 18.2 Å². The second-order valence-electron chi connectivity index (χ2n) is 7.42. The van der Waals surface area contributed by atoms with Crippen molar-refractivity contribution >= 4 is 6.03 Å². The lowest BCUT2D eigenvalue weighted by Crippen LogP contribution is -2.67. The van der Waals surface area contributed by atoms with Crippen LogP contribution >= 0.6 is 0 Å². The average Bonchev–Trinajstić information content (AvgIpc) is 3.12. The monoisotopic (exact) mass is 320 g/mol. The first kappa shape index (κ1) is 16.3. The fourth-order valence-electron chi connectivity index (χ4n) is 4.07. The number of fused-ring (bicyclic) bond motifs is 1. The molecule has 3 atom stereocenters. The summed E-state index contributed by atoms with van der Waals surface area (Å²) in [5, 5.41) is 10.3. The Morgan fingerprint density at radius 1 is 1.48 bits per heavy atom. The summed E-state index contributed by atoms with van der Waals surface area (Å²) >= 11 is 0. The van der Waals surface area contributed by atoms with Crippen molar-refractivity contribution in [3.63, 3.8) is 0 Å². The highest BCUT2D eigenvalue weighted by Crippen LogP contribution is 2.51. The fraction of sp³-hybridized carbons (Fsp3) is 0.765. The van der Waals surface area contributed by atoms with Crippen LogP contribution in [0.25, 0.3) is 0 Å². The van der Waals surface area contributed by atoms with Crippen molar-refractivity contribution in [3.8, 4) is 0 Å². The lowest BCUT2D eigenvalue weighted by atomic mass is 9.57. The third-order valence-electron chi connectivity index (χ3n) is 5.32. The normalized spacial score (nSPS) is 28.0. The highest BCUT2D eigenvalue weighted by atomic mass is 16.5. The van der Waals surface area contributed by atoms with Crippen LogP contribution < -0.4 is 10.6 Å². The number of ether oxygens (including phenoxy) is 1. The van der Waals surface area contributed by atoms with Crippen molar-refractivity contribution in [2.75, 3.05) is 13.2 Å². The molecule has 128 valence electrons. The van der Waals surface area contributed by atoms with Gasteiger partial charge in [-0.15, -0.1) is 0 Å². The van der Waals surface area contributed by atoms with Crippen molar-refractivity contribution in [1.29, 1.82) is 0 Å². The molecule has 1 aromatic heterocycles. The zero-order valence-electron chi connectivity index (χ0n) is 14.3. The molecule has 0 radical (unpaired) electrons. The number of urea groups is 1. The van der Waals surface area contributed by atoms with Gasteiger partial charge in [0.05, 0.1) is 12.3 Å². The molecule has 2 N–H and O–H groups in total. The van der Waals surface area contributed by atoms with E-state index in [9.17, 15) is 4.79 Å². The molecule has 1 saturated carbocycles. The Labute approximate surface area is 138 Å². The van der Waals surface area contributed by atoms with Crippen LogP contribution in [0.4, 0.5) is 4.79 Å². The molecule has 2 heterocycles. The summed E-state index contributed by atoms with van der Waals surface area (Å²) in [5.41, 5.74) is 1.29. The van der Waals surface area contributed by atoms with Gasteiger partial charge in [0.25, 0.3) is 0 Å². The number of aryl methyl sites for hydroxylation is 2. The largest absolute Gasteiger partial charge is 0.377 e. The van der Waals surface area contributed by atoms with E-state index in [1.165, 1.54) is 5.56 Å². The molecule has 6 heteroatoms. The molecule has 0 spiro atoms. The molecular formula is C17H28N4O2. The van der Waals surface area contributed by atoms with E-state index in [0.29, 0.717) is 18.6 Å². The summed E-state index contributed by atoms with van der Waals surface area (Å²) in [7, 11) is 1.93. The molecule has 3 rings (SSSR count). The first-order chi connectivity index (χ1) is 11.0. The van der Waals surface area contributed by atoms with Gasteiger partial charge in [0.2, 0.25) is 0 Å². The van der Waals surface area contributed by atoms with E-state index in [4.69, 9.17) is 4.74 Å². The van der Waals surface area contributed by atoms with Crippen molar-refractivity contribution < 1.29 is 9.53 Å². The summed E-state index contributed by atoms with van der Waals surface area (Å²) in [6.07, 6.45) is 8.35. The van der Waals surface area contributed by atoms with Gasteiger partial charge in [-0.3, -0.25) is 4.68 Å². The van der Waals surface area contributed by atoms with Gasteiger partial charge in [-0.1, -0.05) is 13.8 Å². The Bertz CT molecular complexity index is 555. The number of amides is 2. The smallest absolute Gasteiger partial charge is 0.315 e. The first-order valence-electron chi connectivity index (χ1n) is 8.62. The van der Waals surface area contributed by atoms with Crippen LogP contribution in [0.2, 0.25) is 0 Å². The molecule has 1 aromatic rings. The molecular weight excluding hydrogens is 292 g/mol. The van der Waals surface area contributed by atoms with Crippen LogP contribution in [0.5, 0.6) is 0 Å². The number of carbonyl (C=O) groups is 1. The van der Waals surface area contributed by atoms with Crippen LogP contribution in [0.3, 0.4) is 0 Å². The summed E-state index contributed by atoms with van der Waals surface area (Å²) in [6.45, 7) is 5.90. The number of hydrogen-bond acceptors (Lipinski definition) is 3. The topological polar surface area (TPSA) is 68.2 Å². The molecule has 1 aliphatic heterocycles. The molecule has 0 aromatic carbocycles. The third kappa shape index (κ3) is 3.37. The summed E-state index contributed by atoms with van der Waals surface area (Å²) < 4.78 is 7.58. The van der Waals surface area contributed by atoms with E-state index in [1.807, 2.05) is 24.1 Å². The van der Waals surface area contributed by atoms with Gasteiger partial charge in [-0.05, 0) is 31.2 Å². The number of carbonyl (C=O) groups excluding carboxylic acids is 1. The van der Waals surface area contributed by atoms with Crippen molar-refractivity contribution in [3.05, 3.63) is 18.0 Å². The summed E-state index contributed by atoms with van der Waals surface area (Å²) in [5.74, 6) is 0.487. The molecule has 0 bridgehead atoms. The van der Waals surface area contributed by atoms with Gasteiger partial charge in [0.15, 0.2) is 0 Å². The quantitative estimate of drug-likeness (QED) is 0.786. The lowest BCUT2D eigenvalue weighted by Gasteiger charge is -2.54. The van der Waals surface area contributed by atoms with Gasteiger partial charge in [-0.2, -0.15) is 5.10 Å². The Hall–Kier alpha value is -1.56. The predicted octanol–water partition coefficient (Wildman–Crippen LogP) is 1.86. The number of unbranched alkanes of at least 4 members (excludes halogenated alkanes) is 1. The molecule has 2 amide bonds. The molecule has 1 saturated heterocycles. The molecule has 23 heavy (non-hydrogen) atoms. The number of rotatable bonds is 6. The van der Waals surface area contributed by atoms with E-state index >= 15 is 0 Å². The van der Waals surface area contributed by atoms with E-state index in [2.05, 4.69) is 29.6 Å². The maximum Gasteiger partial charge on any atom is 0.315 e. The molecule has 1 aliphatic carbocycles. The first-order valence-corrected chi connectivity index (χ1v) is 8.62. The average molecular weight is 320 g/mol. The van der Waals surface area contributed by atoms with E-state index < -0.39 is 0 Å². The maximum atomic E-state index is 12.1.